The Morgan fingerprint density at radius 2 is 2.33 bits per heavy atom. The van der Waals surface area contributed by atoms with E-state index in [4.69, 9.17) is 18.0 Å². The third-order valence-electron chi connectivity index (χ3n) is 2.79. The van der Waals surface area contributed by atoms with Crippen molar-refractivity contribution < 1.29 is 4.79 Å². The molecule has 2 amide bonds. The maximum Gasteiger partial charge on any atom is 0.312 e. The number of imidazole rings is 1. The van der Waals surface area contributed by atoms with Crippen LogP contribution in [0.5, 0.6) is 0 Å². The minimum atomic E-state index is -0.535. The summed E-state index contributed by atoms with van der Waals surface area (Å²) in [5.74, 6) is 0. The van der Waals surface area contributed by atoms with Crippen molar-refractivity contribution >= 4 is 29.4 Å². The first kappa shape index (κ1) is 12.6. The summed E-state index contributed by atoms with van der Waals surface area (Å²) in [6, 6.07) is -0.535. The summed E-state index contributed by atoms with van der Waals surface area (Å²) in [6.07, 6.45) is 0.839. The first-order valence-electron chi connectivity index (χ1n) is 5.72. The molecule has 0 aliphatic heterocycles. The van der Waals surface area contributed by atoms with Gasteiger partial charge in [-0.3, -0.25) is 9.25 Å². The van der Waals surface area contributed by atoms with Gasteiger partial charge in [0.2, 0.25) is 0 Å². The van der Waals surface area contributed by atoms with Crippen molar-refractivity contribution in [1.82, 2.24) is 24.6 Å². The topological polar surface area (TPSA) is 93.7 Å². The number of carbonyl (C=O) groups excluding carboxylic acids is 1. The number of aryl methyl sites for hydroxylation is 2. The minimum absolute atomic E-state index is 0.434. The van der Waals surface area contributed by atoms with Crippen LogP contribution in [-0.4, -0.2) is 31.9 Å². The molecule has 7 nitrogen and oxygen atoms in total. The summed E-state index contributed by atoms with van der Waals surface area (Å²) in [4.78, 5) is 13.8. The highest BCUT2D eigenvalue weighted by Gasteiger charge is 2.13. The summed E-state index contributed by atoms with van der Waals surface area (Å²) < 4.78 is 4.33. The zero-order chi connectivity index (χ0) is 13.3. The number of carbonyl (C=O) groups is 1. The number of H-pyrrole nitrogens is 1. The summed E-state index contributed by atoms with van der Waals surface area (Å²) in [7, 11) is 1.88. The van der Waals surface area contributed by atoms with Crippen LogP contribution in [0, 0.1) is 4.77 Å². The first-order valence-corrected chi connectivity index (χ1v) is 6.13. The van der Waals surface area contributed by atoms with Crippen molar-refractivity contribution in [3.05, 3.63) is 10.5 Å². The predicted octanol–water partition coefficient (Wildman–Crippen LogP) is 0.663. The van der Waals surface area contributed by atoms with Gasteiger partial charge in [-0.2, -0.15) is 5.10 Å². The Kier molecular flexibility index (Phi) is 3.37. The van der Waals surface area contributed by atoms with Gasteiger partial charge < -0.3 is 16.0 Å². The van der Waals surface area contributed by atoms with E-state index in [2.05, 4.69) is 15.4 Å². The van der Waals surface area contributed by atoms with Gasteiger partial charge in [0, 0.05) is 20.1 Å². The van der Waals surface area contributed by atoms with Gasteiger partial charge in [-0.15, -0.1) is 0 Å². The number of nitrogens with one attached hydrogen (secondary N) is 2. The van der Waals surface area contributed by atoms with Crippen LogP contribution in [0.25, 0.3) is 11.2 Å². The monoisotopic (exact) mass is 268 g/mol. The molecule has 0 atom stereocenters. The third-order valence-corrected chi connectivity index (χ3v) is 3.11. The lowest BCUT2D eigenvalue weighted by molar-refractivity contribution is 0.248. The largest absolute Gasteiger partial charge is 0.352 e. The predicted molar refractivity (Wildman–Crippen MR) is 70.9 cm³/mol. The normalized spacial score (nSPS) is 11.0. The zero-order valence-corrected chi connectivity index (χ0v) is 11.2. The Balaban J connectivity index is 2.37. The van der Waals surface area contributed by atoms with Gasteiger partial charge in [-0.1, -0.05) is 6.92 Å². The SMILES string of the molecule is CCc1nn(C)c2c1[nH]c(=S)n2CCNC(N)=O. The maximum absolute atomic E-state index is 10.6. The fourth-order valence-electron chi connectivity index (χ4n) is 2.02. The second-order valence-electron chi connectivity index (χ2n) is 4.00. The van der Waals surface area contributed by atoms with E-state index >= 15 is 0 Å². The van der Waals surface area contributed by atoms with E-state index in [-0.39, 0.29) is 0 Å². The molecule has 2 aromatic heterocycles. The van der Waals surface area contributed by atoms with Crippen molar-refractivity contribution in [2.24, 2.45) is 12.8 Å². The Bertz CT molecular complexity index is 637. The van der Waals surface area contributed by atoms with Crippen molar-refractivity contribution in [3.8, 4) is 0 Å². The molecule has 0 radical (unpaired) electrons. The van der Waals surface area contributed by atoms with Crippen molar-refractivity contribution in [2.75, 3.05) is 6.54 Å². The van der Waals surface area contributed by atoms with Gasteiger partial charge in [0.25, 0.3) is 0 Å². The molecule has 2 heterocycles. The number of nitrogens with two attached hydrogens (primary N) is 1. The average molecular weight is 268 g/mol. The quantitative estimate of drug-likeness (QED) is 0.711. The van der Waals surface area contributed by atoms with Gasteiger partial charge in [0.1, 0.15) is 5.52 Å². The van der Waals surface area contributed by atoms with Gasteiger partial charge in [-0.25, -0.2) is 4.79 Å². The van der Waals surface area contributed by atoms with Crippen LogP contribution in [0.4, 0.5) is 4.79 Å². The molecule has 4 N–H and O–H groups in total. The lowest BCUT2D eigenvalue weighted by Crippen LogP contribution is -2.32. The number of fused-ring (bicyclic) bond motifs is 1. The van der Waals surface area contributed by atoms with Crippen LogP contribution in [0.3, 0.4) is 0 Å². The molecule has 2 aromatic rings. The van der Waals surface area contributed by atoms with Gasteiger partial charge >= 0.3 is 6.03 Å². The van der Waals surface area contributed by atoms with Gasteiger partial charge in [0.05, 0.1) is 5.69 Å². The lowest BCUT2D eigenvalue weighted by Gasteiger charge is -2.05. The Morgan fingerprint density at radius 1 is 1.61 bits per heavy atom. The number of primary amides is 1. The molecule has 0 fully saturated rings. The van der Waals surface area contributed by atoms with Crippen LogP contribution >= 0.6 is 12.2 Å². The Morgan fingerprint density at radius 3 is 2.94 bits per heavy atom. The molecule has 18 heavy (non-hydrogen) atoms. The highest BCUT2D eigenvalue weighted by Crippen LogP contribution is 2.17. The molecule has 0 bridgehead atoms. The molecule has 8 heteroatoms. The number of amides is 2. The molecule has 0 aromatic carbocycles. The smallest absolute Gasteiger partial charge is 0.312 e. The van der Waals surface area contributed by atoms with E-state index in [1.54, 1.807) is 4.68 Å². The molecule has 0 spiro atoms. The first-order chi connectivity index (χ1) is 8.54. The van der Waals surface area contributed by atoms with Crippen LogP contribution < -0.4 is 11.1 Å². The number of urea groups is 1. The minimum Gasteiger partial charge on any atom is -0.352 e. The molecule has 0 saturated heterocycles. The standard InChI is InChI=1S/C10H16N6OS/c1-3-6-7-8(15(2)14-6)16(10(18)13-7)5-4-12-9(11)17/h3-5H2,1-2H3,(H,13,18)(H3,11,12,17). The Hall–Kier alpha value is -1.83. The van der Waals surface area contributed by atoms with E-state index < -0.39 is 6.03 Å². The van der Waals surface area contributed by atoms with Crippen molar-refractivity contribution in [3.63, 3.8) is 0 Å². The maximum atomic E-state index is 10.6. The molecular formula is C10H16N6OS. The van der Waals surface area contributed by atoms with Gasteiger partial charge in [0.15, 0.2) is 10.4 Å². The second-order valence-corrected chi connectivity index (χ2v) is 4.38. The van der Waals surface area contributed by atoms with E-state index in [0.29, 0.717) is 17.9 Å². The van der Waals surface area contributed by atoms with Gasteiger partial charge in [-0.05, 0) is 18.6 Å². The fourth-order valence-corrected chi connectivity index (χ4v) is 2.30. The summed E-state index contributed by atoms with van der Waals surface area (Å²) in [5.41, 5.74) is 7.91. The number of hydrogen-bond donors (Lipinski definition) is 3. The number of aromatic amines is 1. The van der Waals surface area contributed by atoms with Crippen molar-refractivity contribution in [1.29, 1.82) is 0 Å². The number of nitrogens with zero attached hydrogens (tertiary/aromatic N) is 3. The average Bonchev–Trinajstić information content (AvgIpc) is 2.77. The molecule has 98 valence electrons. The summed E-state index contributed by atoms with van der Waals surface area (Å²) in [5, 5.41) is 6.96. The molecule has 2 rings (SSSR count). The van der Waals surface area contributed by atoms with Crippen LogP contribution in [0.1, 0.15) is 12.6 Å². The number of aromatic nitrogens is 4. The lowest BCUT2D eigenvalue weighted by atomic mass is 10.3. The van der Waals surface area contributed by atoms with Crippen molar-refractivity contribution in [2.45, 2.75) is 19.9 Å². The Labute approximate surface area is 109 Å². The van der Waals surface area contributed by atoms with E-state index in [9.17, 15) is 4.79 Å². The zero-order valence-electron chi connectivity index (χ0n) is 10.4. The summed E-state index contributed by atoms with van der Waals surface area (Å²) >= 11 is 5.28. The van der Waals surface area contributed by atoms with E-state index in [1.165, 1.54) is 0 Å². The van der Waals surface area contributed by atoms with Crippen LogP contribution in [0.2, 0.25) is 0 Å². The molecule has 0 aliphatic rings. The number of hydrogen-bond acceptors (Lipinski definition) is 3. The van der Waals surface area contributed by atoms with Crippen LogP contribution in [-0.2, 0) is 20.0 Å². The third kappa shape index (κ3) is 2.10. The molecule has 0 aliphatic carbocycles. The molecule has 0 unspecified atom stereocenters. The summed E-state index contributed by atoms with van der Waals surface area (Å²) in [6.45, 7) is 3.04. The highest BCUT2D eigenvalue weighted by molar-refractivity contribution is 7.71. The highest BCUT2D eigenvalue weighted by atomic mass is 32.1. The molecular weight excluding hydrogens is 252 g/mol. The van der Waals surface area contributed by atoms with E-state index in [0.717, 1.165) is 23.3 Å². The van der Waals surface area contributed by atoms with E-state index in [1.807, 2.05) is 18.5 Å². The fraction of sp³-hybridized carbons (Fsp3) is 0.500. The molecule has 0 saturated carbocycles. The van der Waals surface area contributed by atoms with Crippen LogP contribution in [0.15, 0.2) is 0 Å². The number of rotatable bonds is 4. The second kappa shape index (κ2) is 4.81.